The third-order valence-corrected chi connectivity index (χ3v) is 7.66. The number of hydrogen-bond acceptors (Lipinski definition) is 4. The van der Waals surface area contributed by atoms with Gasteiger partial charge in [0.25, 0.3) is 0 Å². The average molecular weight is 635 g/mol. The molecule has 0 radical (unpaired) electrons. The Hall–Kier alpha value is -4.34. The Morgan fingerprint density at radius 1 is 0.400 bits per heavy atom. The third kappa shape index (κ3) is 7.00. The van der Waals surface area contributed by atoms with E-state index in [-0.39, 0.29) is 22.6 Å². The number of methoxy groups -OCH3 is 4. The summed E-state index contributed by atoms with van der Waals surface area (Å²) in [5.41, 5.74) is -1.16. The van der Waals surface area contributed by atoms with Crippen LogP contribution in [-0.2, 0) is 5.41 Å². The number of hydrogen-bond donors (Lipinski definition) is 0. The Morgan fingerprint density at radius 2 is 0.733 bits per heavy atom. The topological polar surface area (TPSA) is 36.9 Å². The molecule has 0 saturated carbocycles. The van der Waals surface area contributed by atoms with Gasteiger partial charge in [-0.2, -0.15) is 26.3 Å². The van der Waals surface area contributed by atoms with E-state index >= 15 is 0 Å². The number of halogens is 6. The number of ether oxygens (including phenoxy) is 4. The van der Waals surface area contributed by atoms with Crippen LogP contribution in [0.3, 0.4) is 0 Å². The first kappa shape index (κ1) is 35.1. The molecule has 10 heteroatoms. The molecule has 4 nitrogen and oxygen atoms in total. The van der Waals surface area contributed by atoms with Gasteiger partial charge in [-0.25, -0.2) is 0 Å². The van der Waals surface area contributed by atoms with Gasteiger partial charge in [0.15, 0.2) is 0 Å². The van der Waals surface area contributed by atoms with Crippen LogP contribution in [-0.4, -0.2) is 40.8 Å². The molecule has 0 spiro atoms. The van der Waals surface area contributed by atoms with E-state index in [4.69, 9.17) is 18.9 Å². The molecule has 45 heavy (non-hydrogen) atoms. The van der Waals surface area contributed by atoms with Crippen LogP contribution < -0.4 is 18.9 Å². The van der Waals surface area contributed by atoms with Crippen molar-refractivity contribution < 1.29 is 45.3 Å². The summed E-state index contributed by atoms with van der Waals surface area (Å²) in [6, 6.07) is 18.0. The molecule has 0 saturated heterocycles. The zero-order valence-corrected chi connectivity index (χ0v) is 26.3. The van der Waals surface area contributed by atoms with Crippen molar-refractivity contribution in [2.24, 2.45) is 0 Å². The van der Waals surface area contributed by atoms with E-state index in [9.17, 15) is 26.3 Å². The quantitative estimate of drug-likeness (QED) is 0.190. The minimum atomic E-state index is -5.63. The Labute approximate surface area is 259 Å². The Kier molecular flexibility index (Phi) is 10.7. The van der Waals surface area contributed by atoms with Crippen LogP contribution >= 0.6 is 0 Å². The van der Waals surface area contributed by atoms with Gasteiger partial charge in [-0.05, 0) is 96.5 Å². The molecule has 0 N–H and O–H groups in total. The van der Waals surface area contributed by atoms with Crippen molar-refractivity contribution in [3.05, 3.63) is 106 Å². The van der Waals surface area contributed by atoms with Crippen LogP contribution in [0.4, 0.5) is 26.3 Å². The summed E-state index contributed by atoms with van der Waals surface area (Å²) in [6.07, 6.45) is -11.3. The minimum Gasteiger partial charge on any atom is -0.496 e. The molecule has 4 aromatic carbocycles. The molecule has 0 heterocycles. The molecule has 4 aromatic rings. The molecule has 4 rings (SSSR count). The highest BCUT2D eigenvalue weighted by atomic mass is 19.4. The van der Waals surface area contributed by atoms with Gasteiger partial charge in [-0.3, -0.25) is 0 Å². The van der Waals surface area contributed by atoms with Crippen LogP contribution in [0.2, 0.25) is 0 Å². The summed E-state index contributed by atoms with van der Waals surface area (Å²) < 4.78 is 105. The summed E-state index contributed by atoms with van der Waals surface area (Å²) in [4.78, 5) is 0. The van der Waals surface area contributed by atoms with Crippen molar-refractivity contribution in [1.29, 1.82) is 0 Å². The highest BCUT2D eigenvalue weighted by molar-refractivity contribution is 5.68. The lowest BCUT2D eigenvalue weighted by Gasteiger charge is -2.38. The molecule has 0 atom stereocenters. The van der Waals surface area contributed by atoms with E-state index < -0.39 is 28.9 Å². The van der Waals surface area contributed by atoms with Crippen LogP contribution in [0.25, 0.3) is 11.1 Å². The fraction of sp³-hybridized carbons (Fsp3) is 0.314. The van der Waals surface area contributed by atoms with Gasteiger partial charge >= 0.3 is 12.4 Å². The maximum absolute atomic E-state index is 14.1. The lowest BCUT2D eigenvalue weighted by Crippen LogP contribution is -2.54. The number of alkyl halides is 6. The van der Waals surface area contributed by atoms with Crippen molar-refractivity contribution in [3.8, 4) is 34.1 Å². The second-order valence-corrected chi connectivity index (χ2v) is 10.5. The van der Waals surface area contributed by atoms with Crippen LogP contribution in [0.1, 0.15) is 33.4 Å². The highest BCUT2D eigenvalue weighted by Gasteiger charge is 2.72. The summed E-state index contributed by atoms with van der Waals surface area (Å²) in [5.74, 6) is 2.21. The van der Waals surface area contributed by atoms with Crippen LogP contribution in [0, 0.1) is 27.7 Å². The maximum Gasteiger partial charge on any atom is 0.411 e. The first-order valence-corrected chi connectivity index (χ1v) is 13.8. The molecule has 0 amide bonds. The number of aryl methyl sites for hydroxylation is 4. The zero-order valence-electron chi connectivity index (χ0n) is 26.3. The summed E-state index contributed by atoms with van der Waals surface area (Å²) in [7, 11) is 5.97. The molecular weight excluding hydrogens is 598 g/mol. The predicted molar refractivity (Wildman–Crippen MR) is 163 cm³/mol. The fourth-order valence-corrected chi connectivity index (χ4v) is 5.20. The van der Waals surface area contributed by atoms with E-state index in [1.807, 2.05) is 13.8 Å². The van der Waals surface area contributed by atoms with E-state index in [1.165, 1.54) is 28.1 Å². The predicted octanol–water partition coefficient (Wildman–Crippen LogP) is 9.72. The van der Waals surface area contributed by atoms with Crippen molar-refractivity contribution >= 4 is 0 Å². The van der Waals surface area contributed by atoms with E-state index in [0.29, 0.717) is 0 Å². The zero-order chi connectivity index (χ0) is 33.7. The second-order valence-electron chi connectivity index (χ2n) is 10.5. The van der Waals surface area contributed by atoms with Crippen LogP contribution in [0.5, 0.6) is 23.0 Å². The Balaban J connectivity index is 0.000000265. The van der Waals surface area contributed by atoms with Crippen molar-refractivity contribution in [3.63, 3.8) is 0 Å². The van der Waals surface area contributed by atoms with Crippen LogP contribution in [0.15, 0.2) is 72.8 Å². The SMILES string of the molecule is COc1cc(-c2ccc(C)c(OC)c2)ccc1C.COc1ccc(C(c2ccc(OC)c(C)c2)(C(F)(F)F)C(F)(F)F)cc1C. The average Bonchev–Trinajstić information content (AvgIpc) is 2.97. The Bertz CT molecular complexity index is 1500. The molecule has 0 fully saturated rings. The molecule has 0 aliphatic heterocycles. The fourth-order valence-electron chi connectivity index (χ4n) is 5.20. The largest absolute Gasteiger partial charge is 0.496 e. The summed E-state index contributed by atoms with van der Waals surface area (Å²) in [5, 5.41) is 0. The Morgan fingerprint density at radius 3 is 1.00 bits per heavy atom. The molecule has 0 unspecified atom stereocenters. The van der Waals surface area contributed by atoms with Crippen molar-refractivity contribution in [2.45, 2.75) is 45.5 Å². The number of rotatable bonds is 7. The molecular formula is C35H36F6O4. The van der Waals surface area contributed by atoms with Gasteiger partial charge in [0.1, 0.15) is 23.0 Å². The summed E-state index contributed by atoms with van der Waals surface area (Å²) in [6.45, 7) is 6.86. The normalized spacial score (nSPS) is 11.8. The third-order valence-electron chi connectivity index (χ3n) is 7.66. The minimum absolute atomic E-state index is 0.165. The maximum atomic E-state index is 14.1. The molecule has 0 aliphatic rings. The van der Waals surface area contributed by atoms with Gasteiger partial charge in [0.05, 0.1) is 28.4 Å². The first-order chi connectivity index (χ1) is 21.0. The van der Waals surface area contributed by atoms with Gasteiger partial charge in [0, 0.05) is 0 Å². The van der Waals surface area contributed by atoms with Gasteiger partial charge in [-0.1, -0.05) is 48.5 Å². The molecule has 242 valence electrons. The number of benzene rings is 4. The second kappa shape index (κ2) is 13.7. The van der Waals surface area contributed by atoms with Gasteiger partial charge in [0.2, 0.25) is 5.41 Å². The molecule has 0 aromatic heterocycles. The van der Waals surface area contributed by atoms with Crippen molar-refractivity contribution in [2.75, 3.05) is 28.4 Å². The monoisotopic (exact) mass is 634 g/mol. The van der Waals surface area contributed by atoms with E-state index in [2.05, 4.69) is 36.4 Å². The standard InChI is InChI=1S/C19H18F6O2.C16H18O2/c1-11-9-13(5-7-15(11)26-3)17(18(20,21)22,19(23,24)25)14-6-8-16(27-4)12(2)10-14;1-11-5-7-13(9-15(11)17-3)14-8-6-12(2)16(10-14)18-4/h5-10H,1-4H3;5-10H,1-4H3. The summed E-state index contributed by atoms with van der Waals surface area (Å²) >= 11 is 0. The smallest absolute Gasteiger partial charge is 0.411 e. The van der Waals surface area contributed by atoms with E-state index in [0.717, 1.165) is 70.2 Å². The molecule has 0 bridgehead atoms. The van der Waals surface area contributed by atoms with Crippen molar-refractivity contribution in [1.82, 2.24) is 0 Å². The van der Waals surface area contributed by atoms with Gasteiger partial charge in [-0.15, -0.1) is 0 Å². The molecule has 0 aliphatic carbocycles. The lowest BCUT2D eigenvalue weighted by atomic mass is 9.72. The van der Waals surface area contributed by atoms with E-state index in [1.54, 1.807) is 14.2 Å². The van der Waals surface area contributed by atoms with Gasteiger partial charge < -0.3 is 18.9 Å². The lowest BCUT2D eigenvalue weighted by molar-refractivity contribution is -0.288. The first-order valence-electron chi connectivity index (χ1n) is 13.8. The highest BCUT2D eigenvalue weighted by Crippen LogP contribution is 2.57.